The molecular weight excluding hydrogens is 278 g/mol. The van der Waals surface area contributed by atoms with Crippen LogP contribution >= 0.6 is 11.8 Å². The fourth-order valence-electron chi connectivity index (χ4n) is 1.49. The Bertz CT molecular complexity index is 694. The molecule has 0 spiro atoms. The van der Waals surface area contributed by atoms with Gasteiger partial charge in [0.25, 0.3) is 11.1 Å². The maximum absolute atomic E-state index is 11.8. The molecule has 0 bridgehead atoms. The highest BCUT2D eigenvalue weighted by Gasteiger charge is 2.14. The fourth-order valence-corrected chi connectivity index (χ4v) is 2.14. The second kappa shape index (κ2) is 6.21. The molecule has 0 aliphatic rings. The smallest absolute Gasteiger partial charge is 0.336 e. The van der Waals surface area contributed by atoms with Crippen LogP contribution in [0.4, 0.5) is 4.79 Å². The first-order valence-electron chi connectivity index (χ1n) is 5.74. The van der Waals surface area contributed by atoms with Gasteiger partial charge in [0.05, 0.1) is 0 Å². The van der Waals surface area contributed by atoms with Crippen LogP contribution < -0.4 is 10.9 Å². The van der Waals surface area contributed by atoms with Crippen molar-refractivity contribution in [2.75, 3.05) is 0 Å². The molecule has 1 aromatic carbocycles. The Hall–Kier alpha value is -2.34. The first-order chi connectivity index (χ1) is 9.54. The number of benzene rings is 1. The van der Waals surface area contributed by atoms with Crippen molar-refractivity contribution < 1.29 is 14.0 Å². The van der Waals surface area contributed by atoms with Gasteiger partial charge in [0.1, 0.15) is 0 Å². The van der Waals surface area contributed by atoms with E-state index in [4.69, 9.17) is 4.42 Å². The van der Waals surface area contributed by atoms with Gasteiger partial charge < -0.3 is 4.42 Å². The first-order valence-corrected chi connectivity index (χ1v) is 6.56. The second-order valence-corrected chi connectivity index (χ2v) is 5.02. The van der Waals surface area contributed by atoms with Gasteiger partial charge in [-0.05, 0) is 42.4 Å². The van der Waals surface area contributed by atoms with E-state index in [2.05, 4.69) is 5.32 Å². The minimum atomic E-state index is -0.737. The van der Waals surface area contributed by atoms with Crippen molar-refractivity contribution in [3.05, 3.63) is 64.2 Å². The largest absolute Gasteiger partial charge is 0.417 e. The van der Waals surface area contributed by atoms with Crippen LogP contribution in [0.3, 0.4) is 0 Å². The van der Waals surface area contributed by atoms with Crippen LogP contribution in [0.15, 0.2) is 56.6 Å². The monoisotopic (exact) mass is 289 g/mol. The Morgan fingerprint density at radius 2 is 1.85 bits per heavy atom. The first kappa shape index (κ1) is 14.1. The molecule has 0 aliphatic carbocycles. The number of amides is 2. The van der Waals surface area contributed by atoms with Gasteiger partial charge in [-0.1, -0.05) is 18.2 Å². The average Bonchev–Trinajstić information content (AvgIpc) is 2.38. The van der Waals surface area contributed by atoms with Crippen LogP contribution in [-0.4, -0.2) is 11.1 Å². The summed E-state index contributed by atoms with van der Waals surface area (Å²) in [5.74, 6) is -0.920. The van der Waals surface area contributed by atoms with Gasteiger partial charge in [0.2, 0.25) is 0 Å². The van der Waals surface area contributed by atoms with Gasteiger partial charge in [-0.3, -0.25) is 14.9 Å². The summed E-state index contributed by atoms with van der Waals surface area (Å²) in [4.78, 5) is 35.3. The van der Waals surface area contributed by atoms with E-state index in [1.54, 1.807) is 31.2 Å². The van der Waals surface area contributed by atoms with Crippen LogP contribution in [-0.2, 0) is 0 Å². The molecule has 1 heterocycles. The summed E-state index contributed by atoms with van der Waals surface area (Å²) in [6.45, 7) is 1.66. The highest BCUT2D eigenvalue weighted by atomic mass is 32.2. The predicted molar refractivity (Wildman–Crippen MR) is 74.9 cm³/mol. The van der Waals surface area contributed by atoms with Crippen molar-refractivity contribution in [1.29, 1.82) is 0 Å². The van der Waals surface area contributed by atoms with Gasteiger partial charge >= 0.3 is 5.63 Å². The molecule has 0 fully saturated rings. The van der Waals surface area contributed by atoms with Crippen LogP contribution in [0.2, 0.25) is 0 Å². The fraction of sp³-hybridized carbons (Fsp3) is 0.0714. The summed E-state index contributed by atoms with van der Waals surface area (Å²) in [5, 5.41) is 1.61. The maximum atomic E-state index is 11.8. The molecule has 0 aliphatic heterocycles. The van der Waals surface area contributed by atoms with E-state index in [-0.39, 0.29) is 5.76 Å². The third kappa shape index (κ3) is 3.83. The van der Waals surface area contributed by atoms with Gasteiger partial charge in [0.15, 0.2) is 5.76 Å². The number of aryl methyl sites for hydroxylation is 1. The van der Waals surface area contributed by atoms with Crippen molar-refractivity contribution in [1.82, 2.24) is 5.32 Å². The lowest BCUT2D eigenvalue weighted by Crippen LogP contribution is -2.27. The SMILES string of the molecule is Cc1cc(C(=O)NC(=O)Sc2ccccc2)oc(=O)c1. The topological polar surface area (TPSA) is 76.4 Å². The Morgan fingerprint density at radius 3 is 2.50 bits per heavy atom. The zero-order chi connectivity index (χ0) is 14.5. The highest BCUT2D eigenvalue weighted by molar-refractivity contribution is 8.13. The second-order valence-electron chi connectivity index (χ2n) is 3.97. The molecule has 0 unspecified atom stereocenters. The van der Waals surface area contributed by atoms with E-state index < -0.39 is 16.8 Å². The molecule has 0 atom stereocenters. The molecule has 6 heteroatoms. The molecular formula is C14H11NO4S. The van der Waals surface area contributed by atoms with Crippen LogP contribution in [0.25, 0.3) is 0 Å². The number of thioether (sulfide) groups is 1. The third-order valence-electron chi connectivity index (χ3n) is 2.31. The number of nitrogens with one attached hydrogen (secondary N) is 1. The van der Waals surface area contributed by atoms with Gasteiger partial charge in [-0.25, -0.2) is 4.79 Å². The van der Waals surface area contributed by atoms with Gasteiger partial charge in [0, 0.05) is 11.0 Å². The van der Waals surface area contributed by atoms with Crippen molar-refractivity contribution in [3.8, 4) is 0 Å². The number of carbonyl (C=O) groups is 2. The normalized spacial score (nSPS) is 10.1. The Labute approximate surface area is 119 Å². The molecule has 2 aromatic rings. The van der Waals surface area contributed by atoms with Gasteiger partial charge in [-0.2, -0.15) is 0 Å². The molecule has 1 N–H and O–H groups in total. The van der Waals surface area contributed by atoms with Crippen molar-refractivity contribution in [2.24, 2.45) is 0 Å². The minimum Gasteiger partial charge on any atom is -0.417 e. The zero-order valence-electron chi connectivity index (χ0n) is 10.6. The van der Waals surface area contributed by atoms with Crippen LogP contribution in [0, 0.1) is 6.92 Å². The molecule has 0 saturated carbocycles. The van der Waals surface area contributed by atoms with E-state index >= 15 is 0 Å². The number of carbonyl (C=O) groups excluding carboxylic acids is 2. The molecule has 102 valence electrons. The molecule has 0 saturated heterocycles. The summed E-state index contributed by atoms with van der Waals surface area (Å²) in [6.07, 6.45) is 0. The Morgan fingerprint density at radius 1 is 1.15 bits per heavy atom. The van der Waals surface area contributed by atoms with E-state index in [9.17, 15) is 14.4 Å². The standard InChI is InChI=1S/C14H11NO4S/c1-9-7-11(19-12(16)8-9)13(17)15-14(18)20-10-5-3-2-4-6-10/h2-8H,1H3,(H,15,17,18). The summed E-state index contributed by atoms with van der Waals surface area (Å²) >= 11 is 0.884. The Kier molecular flexibility index (Phi) is 4.37. The molecule has 0 radical (unpaired) electrons. The van der Waals surface area contributed by atoms with Crippen LogP contribution in [0.5, 0.6) is 0 Å². The lowest BCUT2D eigenvalue weighted by Gasteiger charge is -2.03. The summed E-state index contributed by atoms with van der Waals surface area (Å²) < 4.78 is 4.74. The van der Waals surface area contributed by atoms with Crippen molar-refractivity contribution in [2.45, 2.75) is 11.8 Å². The van der Waals surface area contributed by atoms with E-state index in [0.717, 1.165) is 11.8 Å². The van der Waals surface area contributed by atoms with Crippen molar-refractivity contribution >= 4 is 22.9 Å². The summed E-state index contributed by atoms with van der Waals surface area (Å²) in [5.41, 5.74) is -0.0344. The lowest BCUT2D eigenvalue weighted by molar-refractivity contribution is 0.0937. The summed E-state index contributed by atoms with van der Waals surface area (Å²) in [6, 6.07) is 11.6. The van der Waals surface area contributed by atoms with E-state index in [1.807, 2.05) is 6.07 Å². The molecule has 5 nitrogen and oxygen atoms in total. The van der Waals surface area contributed by atoms with Gasteiger partial charge in [-0.15, -0.1) is 0 Å². The number of rotatable bonds is 2. The Balaban J connectivity index is 2.04. The third-order valence-corrected chi connectivity index (χ3v) is 3.10. The quantitative estimate of drug-likeness (QED) is 0.860. The van der Waals surface area contributed by atoms with Crippen LogP contribution in [0.1, 0.15) is 16.1 Å². The lowest BCUT2D eigenvalue weighted by atomic mass is 10.2. The molecule has 20 heavy (non-hydrogen) atoms. The number of imide groups is 1. The predicted octanol–water partition coefficient (Wildman–Crippen LogP) is 2.59. The molecule has 2 rings (SSSR count). The summed E-state index contributed by atoms with van der Waals surface area (Å²) in [7, 11) is 0. The zero-order valence-corrected chi connectivity index (χ0v) is 11.4. The highest BCUT2D eigenvalue weighted by Crippen LogP contribution is 2.17. The van der Waals surface area contributed by atoms with Crippen molar-refractivity contribution in [3.63, 3.8) is 0 Å². The van der Waals surface area contributed by atoms with E-state index in [1.165, 1.54) is 12.1 Å². The molecule has 1 aromatic heterocycles. The number of hydrogen-bond donors (Lipinski definition) is 1. The minimum absolute atomic E-state index is 0.183. The van der Waals surface area contributed by atoms with E-state index in [0.29, 0.717) is 10.5 Å². The average molecular weight is 289 g/mol. The molecule has 2 amide bonds. The number of hydrogen-bond acceptors (Lipinski definition) is 5. The maximum Gasteiger partial charge on any atom is 0.336 e.